The van der Waals surface area contributed by atoms with E-state index in [4.69, 9.17) is 0 Å². The maximum Gasteiger partial charge on any atom is 0.334 e. The van der Waals surface area contributed by atoms with Gasteiger partial charge in [0.15, 0.2) is 5.65 Å². The number of aryl methyl sites for hydroxylation is 1. The van der Waals surface area contributed by atoms with Crippen molar-refractivity contribution in [3.8, 4) is 11.3 Å². The predicted octanol–water partition coefficient (Wildman–Crippen LogP) is 2.85. The van der Waals surface area contributed by atoms with E-state index in [2.05, 4.69) is 4.98 Å². The topological polar surface area (TPSA) is 39.3 Å². The van der Waals surface area contributed by atoms with E-state index in [1.807, 2.05) is 54.6 Å². The predicted molar refractivity (Wildman–Crippen MR) is 83.4 cm³/mol. The van der Waals surface area contributed by atoms with Gasteiger partial charge in [0.25, 0.3) is 0 Å². The first kappa shape index (κ1) is 11.9. The quantitative estimate of drug-likeness (QED) is 0.536. The van der Waals surface area contributed by atoms with Crippen molar-refractivity contribution in [2.24, 2.45) is 7.05 Å². The summed E-state index contributed by atoms with van der Waals surface area (Å²) in [6.07, 6.45) is 1.80. The molecular weight excluding hydrogens is 262 g/mol. The minimum atomic E-state index is -0.0848. The lowest BCUT2D eigenvalue weighted by molar-refractivity contribution is 0.827. The number of para-hydroxylation sites is 1. The molecule has 0 fully saturated rings. The second-order valence-corrected chi connectivity index (χ2v) is 5.04. The summed E-state index contributed by atoms with van der Waals surface area (Å²) < 4.78 is 3.27. The smallest absolute Gasteiger partial charge is 0.296 e. The molecule has 0 aliphatic heterocycles. The lowest BCUT2D eigenvalue weighted by Crippen LogP contribution is -2.23. The molecule has 0 aliphatic carbocycles. The van der Waals surface area contributed by atoms with Crippen LogP contribution >= 0.6 is 0 Å². The molecule has 21 heavy (non-hydrogen) atoms. The van der Waals surface area contributed by atoms with Crippen LogP contribution in [0.15, 0.2) is 65.6 Å². The van der Waals surface area contributed by atoms with Gasteiger partial charge in [-0.2, -0.15) is 0 Å². The summed E-state index contributed by atoms with van der Waals surface area (Å²) in [6.45, 7) is 0. The summed E-state index contributed by atoms with van der Waals surface area (Å²) in [7, 11) is 1.78. The number of nitrogens with zero attached hydrogens (tertiary/aromatic N) is 3. The lowest BCUT2D eigenvalue weighted by Gasteiger charge is -2.05. The zero-order valence-corrected chi connectivity index (χ0v) is 11.5. The van der Waals surface area contributed by atoms with E-state index in [9.17, 15) is 4.79 Å². The SMILES string of the molecule is Cn1c(=O)n2cc(-c3ccccc3)nc2c2ccccc21. The second kappa shape index (κ2) is 4.31. The molecule has 0 N–H and O–H groups in total. The highest BCUT2D eigenvalue weighted by Crippen LogP contribution is 2.22. The number of hydrogen-bond donors (Lipinski definition) is 0. The molecular formula is C17H13N3O. The average molecular weight is 275 g/mol. The van der Waals surface area contributed by atoms with Crippen molar-refractivity contribution in [2.45, 2.75) is 0 Å². The van der Waals surface area contributed by atoms with Crippen LogP contribution in [0, 0.1) is 0 Å². The lowest BCUT2D eigenvalue weighted by atomic mass is 10.2. The first-order valence-electron chi connectivity index (χ1n) is 6.78. The van der Waals surface area contributed by atoms with E-state index in [-0.39, 0.29) is 5.69 Å². The number of fused-ring (bicyclic) bond motifs is 3. The molecule has 4 aromatic rings. The second-order valence-electron chi connectivity index (χ2n) is 5.04. The molecule has 0 bridgehead atoms. The van der Waals surface area contributed by atoms with Gasteiger partial charge in [0.1, 0.15) is 0 Å². The molecule has 4 rings (SSSR count). The van der Waals surface area contributed by atoms with Crippen LogP contribution in [0.1, 0.15) is 0 Å². The highest BCUT2D eigenvalue weighted by Gasteiger charge is 2.12. The molecule has 2 heterocycles. The van der Waals surface area contributed by atoms with Gasteiger partial charge in [-0.05, 0) is 12.1 Å². The van der Waals surface area contributed by atoms with E-state index in [0.717, 1.165) is 22.2 Å². The van der Waals surface area contributed by atoms with Crippen molar-refractivity contribution in [3.05, 3.63) is 71.3 Å². The third-order valence-corrected chi connectivity index (χ3v) is 3.77. The van der Waals surface area contributed by atoms with Crippen LogP contribution in [0.4, 0.5) is 0 Å². The van der Waals surface area contributed by atoms with Crippen molar-refractivity contribution in [3.63, 3.8) is 0 Å². The third kappa shape index (κ3) is 1.69. The van der Waals surface area contributed by atoms with Gasteiger partial charge in [0, 0.05) is 24.2 Å². The summed E-state index contributed by atoms with van der Waals surface area (Å²) in [6, 6.07) is 17.7. The molecule has 0 saturated carbocycles. The van der Waals surface area contributed by atoms with Crippen LogP contribution in [0.5, 0.6) is 0 Å². The van der Waals surface area contributed by atoms with Crippen molar-refractivity contribution in [1.29, 1.82) is 0 Å². The Morgan fingerprint density at radius 2 is 1.67 bits per heavy atom. The van der Waals surface area contributed by atoms with E-state index >= 15 is 0 Å². The van der Waals surface area contributed by atoms with Gasteiger partial charge >= 0.3 is 5.69 Å². The Morgan fingerprint density at radius 1 is 0.952 bits per heavy atom. The van der Waals surface area contributed by atoms with Crippen molar-refractivity contribution in [2.75, 3.05) is 0 Å². The zero-order chi connectivity index (χ0) is 14.4. The normalized spacial score (nSPS) is 11.3. The fourth-order valence-corrected chi connectivity index (χ4v) is 2.68. The maximum absolute atomic E-state index is 12.5. The summed E-state index contributed by atoms with van der Waals surface area (Å²) in [5, 5.41) is 0.974. The van der Waals surface area contributed by atoms with Gasteiger partial charge in [0.05, 0.1) is 11.2 Å². The van der Waals surface area contributed by atoms with E-state index in [0.29, 0.717) is 5.65 Å². The van der Waals surface area contributed by atoms with E-state index in [1.165, 1.54) is 0 Å². The van der Waals surface area contributed by atoms with Crippen molar-refractivity contribution < 1.29 is 0 Å². The average Bonchev–Trinajstić information content (AvgIpc) is 2.99. The Balaban J connectivity index is 2.15. The van der Waals surface area contributed by atoms with Gasteiger partial charge in [-0.3, -0.25) is 8.97 Å². The van der Waals surface area contributed by atoms with Crippen LogP contribution in [0.2, 0.25) is 0 Å². The van der Waals surface area contributed by atoms with Crippen LogP contribution in [0.3, 0.4) is 0 Å². The maximum atomic E-state index is 12.5. The Hall–Kier alpha value is -2.88. The van der Waals surface area contributed by atoms with Gasteiger partial charge < -0.3 is 0 Å². The molecule has 0 atom stereocenters. The highest BCUT2D eigenvalue weighted by molar-refractivity contribution is 5.92. The first-order chi connectivity index (χ1) is 10.3. The fraction of sp³-hybridized carbons (Fsp3) is 0.0588. The standard InChI is InChI=1S/C17H13N3O/c1-19-15-10-6-5-9-13(15)16-18-14(11-20(16)17(19)21)12-7-3-2-4-8-12/h2-11H,1H3. The molecule has 2 aromatic carbocycles. The van der Waals surface area contributed by atoms with E-state index in [1.54, 1.807) is 22.2 Å². The van der Waals surface area contributed by atoms with Crippen molar-refractivity contribution >= 4 is 16.6 Å². The minimum Gasteiger partial charge on any atom is -0.296 e. The summed E-state index contributed by atoms with van der Waals surface area (Å²) in [5.74, 6) is 0. The largest absolute Gasteiger partial charge is 0.334 e. The Morgan fingerprint density at radius 3 is 2.48 bits per heavy atom. The number of aromatic nitrogens is 3. The molecule has 0 unspecified atom stereocenters. The van der Waals surface area contributed by atoms with Crippen molar-refractivity contribution in [1.82, 2.24) is 14.0 Å². The van der Waals surface area contributed by atoms with Crippen LogP contribution in [-0.4, -0.2) is 14.0 Å². The first-order valence-corrected chi connectivity index (χ1v) is 6.78. The van der Waals surface area contributed by atoms with Gasteiger partial charge in [-0.1, -0.05) is 42.5 Å². The molecule has 4 heteroatoms. The fourth-order valence-electron chi connectivity index (χ4n) is 2.68. The third-order valence-electron chi connectivity index (χ3n) is 3.77. The molecule has 4 nitrogen and oxygen atoms in total. The summed E-state index contributed by atoms with van der Waals surface area (Å²) >= 11 is 0. The van der Waals surface area contributed by atoms with Gasteiger partial charge in [-0.15, -0.1) is 0 Å². The number of benzene rings is 2. The number of rotatable bonds is 1. The Kier molecular flexibility index (Phi) is 2.44. The van der Waals surface area contributed by atoms with E-state index < -0.39 is 0 Å². The number of hydrogen-bond acceptors (Lipinski definition) is 2. The van der Waals surface area contributed by atoms with Crippen LogP contribution in [0.25, 0.3) is 27.8 Å². The molecule has 0 aliphatic rings. The molecule has 0 spiro atoms. The highest BCUT2D eigenvalue weighted by atomic mass is 16.1. The summed E-state index contributed by atoms with van der Waals surface area (Å²) in [4.78, 5) is 17.1. The van der Waals surface area contributed by atoms with Gasteiger partial charge in [-0.25, -0.2) is 9.78 Å². The Bertz CT molecular complexity index is 1010. The molecule has 0 radical (unpaired) electrons. The molecule has 0 saturated heterocycles. The monoisotopic (exact) mass is 275 g/mol. The van der Waals surface area contributed by atoms with Crippen LogP contribution < -0.4 is 5.69 Å². The zero-order valence-electron chi connectivity index (χ0n) is 11.5. The van der Waals surface area contributed by atoms with Crippen LogP contribution in [-0.2, 0) is 7.05 Å². The minimum absolute atomic E-state index is 0.0848. The molecule has 102 valence electrons. The Labute approximate surface area is 120 Å². The van der Waals surface area contributed by atoms with Gasteiger partial charge in [0.2, 0.25) is 0 Å². The number of imidazole rings is 1. The summed E-state index contributed by atoms with van der Waals surface area (Å²) in [5.41, 5.74) is 3.32. The molecule has 2 aromatic heterocycles. The molecule has 0 amide bonds.